The quantitative estimate of drug-likeness (QED) is 0.371. The van der Waals surface area contributed by atoms with Crippen molar-refractivity contribution in [3.05, 3.63) is 88.8 Å². The molecule has 0 aliphatic carbocycles. The number of hydrogen-bond acceptors (Lipinski definition) is 4. The normalized spacial score (nSPS) is 11.0. The van der Waals surface area contributed by atoms with Crippen LogP contribution in [0.3, 0.4) is 0 Å². The van der Waals surface area contributed by atoms with Crippen molar-refractivity contribution in [1.82, 2.24) is 9.55 Å². The number of methoxy groups -OCH3 is 1. The van der Waals surface area contributed by atoms with E-state index in [-0.39, 0.29) is 5.97 Å². The largest absolute Gasteiger partial charge is 0.465 e. The number of carbonyl (C=O) groups excluding carboxylic acids is 1. The second-order valence-electron chi connectivity index (χ2n) is 6.60. The molecule has 0 N–H and O–H groups in total. The first-order valence-corrected chi connectivity index (χ1v) is 10.3. The Bertz CT molecular complexity index is 1190. The van der Waals surface area contributed by atoms with Crippen LogP contribution in [0.2, 0.25) is 5.02 Å². The van der Waals surface area contributed by atoms with Crippen molar-refractivity contribution >= 4 is 40.2 Å². The zero-order valence-electron chi connectivity index (χ0n) is 16.1. The number of ether oxygens (including phenoxy) is 1. The number of rotatable bonds is 5. The van der Waals surface area contributed by atoms with Crippen LogP contribution in [0.4, 0.5) is 0 Å². The summed E-state index contributed by atoms with van der Waals surface area (Å²) in [6.07, 6.45) is 1.80. The van der Waals surface area contributed by atoms with Gasteiger partial charge in [-0.2, -0.15) is 0 Å². The number of esters is 1. The smallest absolute Gasteiger partial charge is 0.337 e. The minimum atomic E-state index is -0.339. The Morgan fingerprint density at radius 2 is 2.00 bits per heavy atom. The molecule has 0 fully saturated rings. The van der Waals surface area contributed by atoms with Crippen molar-refractivity contribution in [2.24, 2.45) is 0 Å². The molecule has 0 amide bonds. The Morgan fingerprint density at radius 3 is 2.76 bits per heavy atom. The van der Waals surface area contributed by atoms with Crippen molar-refractivity contribution in [3.63, 3.8) is 0 Å². The Labute approximate surface area is 178 Å². The zero-order valence-corrected chi connectivity index (χ0v) is 17.6. The third kappa shape index (κ3) is 4.02. The van der Waals surface area contributed by atoms with Gasteiger partial charge in [0.15, 0.2) is 0 Å². The van der Waals surface area contributed by atoms with Gasteiger partial charge in [0.05, 0.1) is 30.4 Å². The summed E-state index contributed by atoms with van der Waals surface area (Å²) in [6.45, 7) is 2.76. The van der Waals surface area contributed by atoms with Crippen molar-refractivity contribution in [2.75, 3.05) is 7.11 Å². The summed E-state index contributed by atoms with van der Waals surface area (Å²) in [5, 5.41) is 1.82. The molecule has 29 heavy (non-hydrogen) atoms. The average Bonchev–Trinajstić information content (AvgIpc) is 2.99. The predicted molar refractivity (Wildman–Crippen MR) is 117 cm³/mol. The van der Waals surface area contributed by atoms with E-state index < -0.39 is 0 Å². The highest BCUT2D eigenvalue weighted by molar-refractivity contribution is 7.99. The summed E-state index contributed by atoms with van der Waals surface area (Å²) in [7, 11) is 1.39. The first-order valence-electron chi connectivity index (χ1n) is 9.11. The molecule has 6 heteroatoms. The SMILES string of the molecule is COC(=O)c1cccc(Sc2c(C)n(Cc3ccccn3)c3cc(Cl)ccc23)c1. The number of aromatic nitrogens is 2. The lowest BCUT2D eigenvalue weighted by Crippen LogP contribution is -2.03. The van der Waals surface area contributed by atoms with Crippen LogP contribution in [0.25, 0.3) is 10.9 Å². The number of pyridine rings is 1. The number of hydrogen-bond donors (Lipinski definition) is 0. The van der Waals surface area contributed by atoms with Gasteiger partial charge in [-0.05, 0) is 49.4 Å². The average molecular weight is 423 g/mol. The number of benzene rings is 2. The van der Waals surface area contributed by atoms with Crippen molar-refractivity contribution in [3.8, 4) is 0 Å². The number of halogens is 1. The van der Waals surface area contributed by atoms with Crippen LogP contribution in [0.15, 0.2) is 76.7 Å². The summed E-state index contributed by atoms with van der Waals surface area (Å²) in [4.78, 5) is 18.5. The molecule has 0 unspecified atom stereocenters. The van der Waals surface area contributed by atoms with E-state index >= 15 is 0 Å². The molecule has 0 bridgehead atoms. The van der Waals surface area contributed by atoms with Crippen LogP contribution in [-0.2, 0) is 11.3 Å². The fourth-order valence-electron chi connectivity index (χ4n) is 3.33. The molecule has 0 atom stereocenters. The van der Waals surface area contributed by atoms with Crippen LogP contribution in [0.1, 0.15) is 21.7 Å². The van der Waals surface area contributed by atoms with Gasteiger partial charge in [0.25, 0.3) is 0 Å². The highest BCUT2D eigenvalue weighted by Crippen LogP contribution is 2.39. The Morgan fingerprint density at radius 1 is 1.14 bits per heavy atom. The highest BCUT2D eigenvalue weighted by Gasteiger charge is 2.17. The topological polar surface area (TPSA) is 44.1 Å². The molecule has 4 rings (SSSR count). The fourth-order valence-corrected chi connectivity index (χ4v) is 4.60. The minimum absolute atomic E-state index is 0.339. The highest BCUT2D eigenvalue weighted by atomic mass is 35.5. The summed E-state index contributed by atoms with van der Waals surface area (Å²) in [5.41, 5.74) is 3.71. The number of fused-ring (bicyclic) bond motifs is 1. The molecule has 0 radical (unpaired) electrons. The Kier molecular flexibility index (Phi) is 5.60. The standard InChI is InChI=1S/C23H19ClN2O2S/c1-15-22(29-19-8-5-6-16(12-19)23(27)28-2)20-10-9-17(24)13-21(20)26(15)14-18-7-3-4-11-25-18/h3-13H,14H2,1-2H3. The van der Waals surface area contributed by atoms with Gasteiger partial charge in [-0.1, -0.05) is 41.6 Å². The molecular weight excluding hydrogens is 404 g/mol. The maximum absolute atomic E-state index is 11.9. The molecular formula is C23H19ClN2O2S. The molecule has 2 aromatic heterocycles. The van der Waals surface area contributed by atoms with E-state index in [0.29, 0.717) is 17.1 Å². The molecule has 2 aromatic carbocycles. The minimum Gasteiger partial charge on any atom is -0.465 e. The lowest BCUT2D eigenvalue weighted by Gasteiger charge is -2.09. The van der Waals surface area contributed by atoms with Gasteiger partial charge in [0.1, 0.15) is 0 Å². The summed E-state index contributed by atoms with van der Waals surface area (Å²) >= 11 is 7.93. The first kappa shape index (κ1) is 19.6. The Balaban J connectivity index is 1.79. The van der Waals surface area contributed by atoms with E-state index in [2.05, 4.69) is 16.5 Å². The summed E-state index contributed by atoms with van der Waals surface area (Å²) in [5.74, 6) is -0.339. The molecule has 2 heterocycles. The van der Waals surface area contributed by atoms with Crippen molar-refractivity contribution < 1.29 is 9.53 Å². The van der Waals surface area contributed by atoms with E-state index in [1.54, 1.807) is 24.0 Å². The van der Waals surface area contributed by atoms with E-state index in [0.717, 1.165) is 32.1 Å². The predicted octanol–water partition coefficient (Wildman–Crippen LogP) is 5.98. The molecule has 146 valence electrons. The molecule has 0 aliphatic rings. The van der Waals surface area contributed by atoms with Gasteiger partial charge < -0.3 is 9.30 Å². The third-order valence-corrected chi connectivity index (χ3v) is 6.19. The third-order valence-electron chi connectivity index (χ3n) is 4.75. The lowest BCUT2D eigenvalue weighted by molar-refractivity contribution is 0.0600. The monoisotopic (exact) mass is 422 g/mol. The van der Waals surface area contributed by atoms with Crippen LogP contribution >= 0.6 is 23.4 Å². The lowest BCUT2D eigenvalue weighted by atomic mass is 10.2. The molecule has 4 aromatic rings. The maximum atomic E-state index is 11.9. The van der Waals surface area contributed by atoms with Gasteiger partial charge >= 0.3 is 5.97 Å². The van der Waals surface area contributed by atoms with Gasteiger partial charge in [-0.3, -0.25) is 4.98 Å². The number of carbonyl (C=O) groups is 1. The second kappa shape index (κ2) is 8.31. The summed E-state index contributed by atoms with van der Waals surface area (Å²) in [6, 6.07) is 19.3. The molecule has 0 saturated heterocycles. The van der Waals surface area contributed by atoms with Crippen molar-refractivity contribution in [1.29, 1.82) is 0 Å². The van der Waals surface area contributed by atoms with Gasteiger partial charge in [-0.25, -0.2) is 4.79 Å². The van der Waals surface area contributed by atoms with E-state index in [1.165, 1.54) is 7.11 Å². The molecule has 0 spiro atoms. The van der Waals surface area contributed by atoms with Gasteiger partial charge in [0.2, 0.25) is 0 Å². The summed E-state index contributed by atoms with van der Waals surface area (Å²) < 4.78 is 7.08. The second-order valence-corrected chi connectivity index (χ2v) is 8.12. The maximum Gasteiger partial charge on any atom is 0.337 e. The Hall–Kier alpha value is -2.76. The van der Waals surface area contributed by atoms with E-state index in [1.807, 2.05) is 54.6 Å². The first-order chi connectivity index (χ1) is 14.1. The van der Waals surface area contributed by atoms with Gasteiger partial charge in [0, 0.05) is 32.1 Å². The van der Waals surface area contributed by atoms with Crippen LogP contribution in [0, 0.1) is 6.92 Å². The van der Waals surface area contributed by atoms with Crippen LogP contribution < -0.4 is 0 Å². The van der Waals surface area contributed by atoms with E-state index in [9.17, 15) is 4.79 Å². The van der Waals surface area contributed by atoms with Crippen LogP contribution in [-0.4, -0.2) is 22.6 Å². The van der Waals surface area contributed by atoms with Crippen molar-refractivity contribution in [2.45, 2.75) is 23.3 Å². The van der Waals surface area contributed by atoms with Crippen LogP contribution in [0.5, 0.6) is 0 Å². The zero-order chi connectivity index (χ0) is 20.4. The molecule has 4 nitrogen and oxygen atoms in total. The van der Waals surface area contributed by atoms with Gasteiger partial charge in [-0.15, -0.1) is 0 Å². The molecule has 0 aliphatic heterocycles. The van der Waals surface area contributed by atoms with E-state index in [4.69, 9.17) is 16.3 Å². The number of nitrogens with zero attached hydrogens (tertiary/aromatic N) is 2. The fraction of sp³-hybridized carbons (Fsp3) is 0.130. The molecule has 0 saturated carbocycles.